The van der Waals surface area contributed by atoms with E-state index in [2.05, 4.69) is 57.2 Å². The van der Waals surface area contributed by atoms with Gasteiger partial charge in [-0.1, -0.05) is 250 Å². The Morgan fingerprint density at radius 2 is 0.515 bits per heavy atom. The maximum atomic E-state index is 12.8. The standard InChI is InChI=1S/C62H114O6/c1-4-7-10-13-16-19-22-24-26-28-29-30-31-32-33-35-36-38-40-43-46-49-52-55-61(64)67-58-59(57-66-60(63)54-51-48-45-42-21-18-15-12-9-6-3)68-62(65)56-53-50-47-44-41-39-37-34-27-25-23-20-17-14-11-8-5-2/h12,15,25,27-29,59H,4-11,13-14,16-24,26,30-58H2,1-3H3/b15-12-,27-25-,29-28-. The van der Waals surface area contributed by atoms with E-state index in [0.29, 0.717) is 19.3 Å². The van der Waals surface area contributed by atoms with Crippen LogP contribution < -0.4 is 0 Å². The van der Waals surface area contributed by atoms with Crippen molar-refractivity contribution in [3.05, 3.63) is 36.5 Å². The summed E-state index contributed by atoms with van der Waals surface area (Å²) in [6, 6.07) is 0. The molecule has 0 aliphatic heterocycles. The predicted molar refractivity (Wildman–Crippen MR) is 293 cm³/mol. The van der Waals surface area contributed by atoms with E-state index in [1.165, 1.54) is 212 Å². The van der Waals surface area contributed by atoms with Gasteiger partial charge in [-0.3, -0.25) is 14.4 Å². The second kappa shape index (κ2) is 57.2. The molecule has 0 N–H and O–H groups in total. The lowest BCUT2D eigenvalue weighted by Gasteiger charge is -2.18. The van der Waals surface area contributed by atoms with Gasteiger partial charge in [-0.25, -0.2) is 0 Å². The fraction of sp³-hybridized carbons (Fsp3) is 0.855. The minimum absolute atomic E-state index is 0.0746. The summed E-state index contributed by atoms with van der Waals surface area (Å²) in [5, 5.41) is 0. The molecule has 68 heavy (non-hydrogen) atoms. The molecule has 6 heteroatoms. The lowest BCUT2D eigenvalue weighted by molar-refractivity contribution is -0.167. The largest absolute Gasteiger partial charge is 0.462 e. The molecule has 0 saturated heterocycles. The van der Waals surface area contributed by atoms with Crippen molar-refractivity contribution in [2.75, 3.05) is 13.2 Å². The summed E-state index contributed by atoms with van der Waals surface area (Å²) in [4.78, 5) is 38.1. The fourth-order valence-corrected chi connectivity index (χ4v) is 8.79. The maximum absolute atomic E-state index is 12.8. The van der Waals surface area contributed by atoms with Crippen LogP contribution in [-0.4, -0.2) is 37.2 Å². The molecule has 0 radical (unpaired) electrons. The average molecular weight is 956 g/mol. The fourth-order valence-electron chi connectivity index (χ4n) is 8.79. The average Bonchev–Trinajstić information content (AvgIpc) is 3.34. The topological polar surface area (TPSA) is 78.9 Å². The highest BCUT2D eigenvalue weighted by Crippen LogP contribution is 2.16. The first kappa shape index (κ1) is 65.6. The molecule has 0 rings (SSSR count). The van der Waals surface area contributed by atoms with Crippen molar-refractivity contribution >= 4 is 17.9 Å². The van der Waals surface area contributed by atoms with Crippen molar-refractivity contribution in [3.8, 4) is 0 Å². The number of esters is 3. The van der Waals surface area contributed by atoms with Crippen molar-refractivity contribution < 1.29 is 28.6 Å². The molecule has 0 fully saturated rings. The van der Waals surface area contributed by atoms with Crippen LogP contribution in [0.1, 0.15) is 323 Å². The summed E-state index contributed by atoms with van der Waals surface area (Å²) in [7, 11) is 0. The van der Waals surface area contributed by atoms with Gasteiger partial charge in [0, 0.05) is 19.3 Å². The first-order valence-corrected chi connectivity index (χ1v) is 30.0. The van der Waals surface area contributed by atoms with Crippen LogP contribution in [0.2, 0.25) is 0 Å². The monoisotopic (exact) mass is 955 g/mol. The molecule has 0 heterocycles. The van der Waals surface area contributed by atoms with Crippen LogP contribution >= 0.6 is 0 Å². The molecule has 0 aromatic rings. The number of hydrogen-bond acceptors (Lipinski definition) is 6. The molecule has 0 aromatic carbocycles. The Bertz CT molecular complexity index is 1140. The zero-order chi connectivity index (χ0) is 49.3. The zero-order valence-electron chi connectivity index (χ0n) is 45.6. The molecule has 0 amide bonds. The van der Waals surface area contributed by atoms with Crippen LogP contribution in [0.25, 0.3) is 0 Å². The lowest BCUT2D eigenvalue weighted by Crippen LogP contribution is -2.30. The van der Waals surface area contributed by atoms with Crippen molar-refractivity contribution in [1.29, 1.82) is 0 Å². The van der Waals surface area contributed by atoms with Crippen LogP contribution in [0.5, 0.6) is 0 Å². The van der Waals surface area contributed by atoms with Crippen molar-refractivity contribution in [3.63, 3.8) is 0 Å². The van der Waals surface area contributed by atoms with Gasteiger partial charge in [-0.2, -0.15) is 0 Å². The molecule has 0 spiro atoms. The van der Waals surface area contributed by atoms with Crippen LogP contribution in [-0.2, 0) is 28.6 Å². The molecule has 6 nitrogen and oxygen atoms in total. The third-order valence-electron chi connectivity index (χ3n) is 13.3. The second-order valence-electron chi connectivity index (χ2n) is 20.2. The van der Waals surface area contributed by atoms with E-state index in [4.69, 9.17) is 14.2 Å². The van der Waals surface area contributed by atoms with E-state index in [9.17, 15) is 14.4 Å². The first-order valence-electron chi connectivity index (χ1n) is 30.0. The van der Waals surface area contributed by atoms with Crippen LogP contribution in [0.4, 0.5) is 0 Å². The third-order valence-corrected chi connectivity index (χ3v) is 13.3. The molecular weight excluding hydrogens is 841 g/mol. The molecule has 0 bridgehead atoms. The molecule has 0 aliphatic rings. The SMILES string of the molecule is CCC/C=C\CCCCCCCC(=O)OCC(COC(=O)CCCCCCCCCCCCC/C=C\CCCCCCCCCC)OC(=O)CCCCCCCCC/C=C\CCCCCCCC. The number of carbonyl (C=O) groups is 3. The zero-order valence-corrected chi connectivity index (χ0v) is 45.6. The van der Waals surface area contributed by atoms with E-state index in [1.54, 1.807) is 0 Å². The van der Waals surface area contributed by atoms with E-state index in [0.717, 1.165) is 70.6 Å². The molecule has 0 saturated carbocycles. The molecule has 1 atom stereocenters. The van der Waals surface area contributed by atoms with Crippen molar-refractivity contribution in [2.24, 2.45) is 0 Å². The minimum Gasteiger partial charge on any atom is -0.462 e. The highest BCUT2D eigenvalue weighted by molar-refractivity contribution is 5.71. The number of unbranched alkanes of at least 4 members (excludes halogenated alkanes) is 38. The smallest absolute Gasteiger partial charge is 0.306 e. The first-order chi connectivity index (χ1) is 33.5. The second-order valence-corrected chi connectivity index (χ2v) is 20.2. The molecule has 398 valence electrons. The summed E-state index contributed by atoms with van der Waals surface area (Å²) in [5.74, 6) is -0.875. The van der Waals surface area contributed by atoms with E-state index in [-0.39, 0.29) is 31.1 Å². The van der Waals surface area contributed by atoms with Gasteiger partial charge >= 0.3 is 17.9 Å². The Morgan fingerprint density at radius 1 is 0.279 bits per heavy atom. The normalized spacial score (nSPS) is 12.2. The maximum Gasteiger partial charge on any atom is 0.306 e. The van der Waals surface area contributed by atoms with Gasteiger partial charge in [0.25, 0.3) is 0 Å². The Labute approximate surface area is 423 Å². The van der Waals surface area contributed by atoms with E-state index in [1.807, 2.05) is 0 Å². The lowest BCUT2D eigenvalue weighted by atomic mass is 10.0. The molecular formula is C62H114O6. The Balaban J connectivity index is 4.23. The summed E-state index contributed by atoms with van der Waals surface area (Å²) >= 11 is 0. The molecule has 0 aromatic heterocycles. The number of rotatable bonds is 55. The third kappa shape index (κ3) is 54.6. The number of carbonyl (C=O) groups excluding carboxylic acids is 3. The highest BCUT2D eigenvalue weighted by Gasteiger charge is 2.19. The highest BCUT2D eigenvalue weighted by atomic mass is 16.6. The summed E-state index contributed by atoms with van der Waals surface area (Å²) in [6.45, 7) is 6.60. The van der Waals surface area contributed by atoms with Gasteiger partial charge in [-0.15, -0.1) is 0 Å². The van der Waals surface area contributed by atoms with Gasteiger partial charge < -0.3 is 14.2 Å². The van der Waals surface area contributed by atoms with Crippen molar-refractivity contribution in [1.82, 2.24) is 0 Å². The van der Waals surface area contributed by atoms with E-state index < -0.39 is 6.10 Å². The minimum atomic E-state index is -0.776. The van der Waals surface area contributed by atoms with Gasteiger partial charge in [0.2, 0.25) is 0 Å². The summed E-state index contributed by atoms with van der Waals surface area (Å²) < 4.78 is 16.9. The van der Waals surface area contributed by atoms with Crippen molar-refractivity contribution in [2.45, 2.75) is 329 Å². The van der Waals surface area contributed by atoms with Gasteiger partial charge in [0.15, 0.2) is 6.10 Å². The van der Waals surface area contributed by atoms with Crippen LogP contribution in [0.15, 0.2) is 36.5 Å². The Hall–Kier alpha value is -2.37. The Morgan fingerprint density at radius 3 is 0.794 bits per heavy atom. The Kier molecular flexibility index (Phi) is 55.2. The number of hydrogen-bond donors (Lipinski definition) is 0. The van der Waals surface area contributed by atoms with Crippen LogP contribution in [0, 0.1) is 0 Å². The van der Waals surface area contributed by atoms with Gasteiger partial charge in [0.1, 0.15) is 13.2 Å². The summed E-state index contributed by atoms with van der Waals surface area (Å²) in [5.41, 5.74) is 0. The number of allylic oxidation sites excluding steroid dienone is 6. The molecule has 0 aliphatic carbocycles. The van der Waals surface area contributed by atoms with Gasteiger partial charge in [-0.05, 0) is 89.9 Å². The van der Waals surface area contributed by atoms with Crippen LogP contribution in [0.3, 0.4) is 0 Å². The quantitative estimate of drug-likeness (QED) is 0.0262. The molecule has 1 unspecified atom stereocenters. The predicted octanol–water partition coefficient (Wildman–Crippen LogP) is 20.0. The van der Waals surface area contributed by atoms with E-state index >= 15 is 0 Å². The van der Waals surface area contributed by atoms with Gasteiger partial charge in [0.05, 0.1) is 0 Å². The number of ether oxygens (including phenoxy) is 3. The summed E-state index contributed by atoms with van der Waals surface area (Å²) in [6.07, 6.45) is 68.7.